The van der Waals surface area contributed by atoms with Gasteiger partial charge in [0, 0.05) is 12.2 Å². The topological polar surface area (TPSA) is 110 Å². The lowest BCUT2D eigenvalue weighted by atomic mass is 10.1. The number of aliphatic hydroxyl groups excluding tert-OH is 1. The van der Waals surface area contributed by atoms with Gasteiger partial charge in [0.15, 0.2) is 5.12 Å². The van der Waals surface area contributed by atoms with Crippen molar-refractivity contribution in [2.24, 2.45) is 0 Å². The van der Waals surface area contributed by atoms with E-state index in [-0.39, 0.29) is 16.6 Å². The predicted octanol–water partition coefficient (Wildman–Crippen LogP) is 5.93. The number of unbranched alkanes of at least 4 members (excludes halogenated alkanes) is 8. The Morgan fingerprint density at radius 2 is 1.58 bits per heavy atom. The first-order valence-electron chi connectivity index (χ1n) is 10.9. The van der Waals surface area contributed by atoms with E-state index >= 15 is 0 Å². The quantitative estimate of drug-likeness (QED) is 0.211. The van der Waals surface area contributed by atoms with Crippen LogP contribution in [0.15, 0.2) is 30.3 Å². The van der Waals surface area contributed by atoms with Crippen LogP contribution in [0.25, 0.3) is 0 Å². The lowest BCUT2D eigenvalue weighted by Gasteiger charge is -2.17. The Morgan fingerprint density at radius 3 is 2.16 bits per heavy atom. The van der Waals surface area contributed by atoms with E-state index in [0.29, 0.717) is 6.42 Å². The summed E-state index contributed by atoms with van der Waals surface area (Å²) in [5, 5.41) is 9.33. The van der Waals surface area contributed by atoms with Gasteiger partial charge in [-0.05, 0) is 18.6 Å². The molecule has 0 saturated heterocycles. The summed E-state index contributed by atoms with van der Waals surface area (Å²) in [6.07, 6.45) is 9.74. The average Bonchev–Trinajstić information content (AvgIpc) is 2.76. The molecule has 176 valence electrons. The van der Waals surface area contributed by atoms with Crippen LogP contribution in [0.1, 0.15) is 71.1 Å². The molecule has 0 bridgehead atoms. The maximum atomic E-state index is 12.1. The second-order valence-electron chi connectivity index (χ2n) is 7.37. The highest BCUT2D eigenvalue weighted by molar-refractivity contribution is 8.13. The SMILES string of the molecule is CCCCCCCCCCCC(=O)SCC(CO)OP(=O)(O)C(=O)Oc1ccccc1. The number of para-hydroxylation sites is 1. The van der Waals surface area contributed by atoms with Crippen LogP contribution in [0.5, 0.6) is 5.75 Å². The van der Waals surface area contributed by atoms with Gasteiger partial charge in [0.1, 0.15) is 11.9 Å². The molecule has 0 aliphatic carbocycles. The van der Waals surface area contributed by atoms with Gasteiger partial charge in [0.25, 0.3) is 0 Å². The van der Waals surface area contributed by atoms with Gasteiger partial charge in [-0.3, -0.25) is 9.32 Å². The van der Waals surface area contributed by atoms with Gasteiger partial charge in [-0.2, -0.15) is 0 Å². The van der Waals surface area contributed by atoms with Crippen LogP contribution < -0.4 is 4.74 Å². The number of benzene rings is 1. The molecule has 9 heteroatoms. The van der Waals surface area contributed by atoms with Crippen molar-refractivity contribution >= 4 is 30.2 Å². The summed E-state index contributed by atoms with van der Waals surface area (Å²) in [5.41, 5.74) is -1.43. The van der Waals surface area contributed by atoms with Crippen LogP contribution in [-0.4, -0.2) is 39.3 Å². The van der Waals surface area contributed by atoms with Crippen molar-refractivity contribution in [2.75, 3.05) is 12.4 Å². The molecule has 2 unspecified atom stereocenters. The largest absolute Gasteiger partial charge is 0.436 e. The van der Waals surface area contributed by atoms with Gasteiger partial charge in [0.05, 0.1) is 6.61 Å². The number of thioether (sulfide) groups is 1. The Kier molecular flexibility index (Phi) is 14.8. The lowest BCUT2D eigenvalue weighted by molar-refractivity contribution is -0.111. The molecule has 0 aromatic heterocycles. The molecule has 0 aliphatic rings. The lowest BCUT2D eigenvalue weighted by Crippen LogP contribution is -2.23. The van der Waals surface area contributed by atoms with Crippen molar-refractivity contribution in [3.8, 4) is 5.75 Å². The van der Waals surface area contributed by atoms with E-state index in [9.17, 15) is 24.2 Å². The van der Waals surface area contributed by atoms with Gasteiger partial charge < -0.3 is 14.7 Å². The van der Waals surface area contributed by atoms with Crippen molar-refractivity contribution in [2.45, 2.75) is 77.2 Å². The summed E-state index contributed by atoms with van der Waals surface area (Å²) >= 11 is 0.935. The molecule has 2 N–H and O–H groups in total. The van der Waals surface area contributed by atoms with E-state index in [1.807, 2.05) is 0 Å². The highest BCUT2D eigenvalue weighted by atomic mass is 32.2. The molecule has 1 aromatic rings. The third-order valence-electron chi connectivity index (χ3n) is 4.59. The number of aliphatic hydroxyl groups is 1. The number of carbonyl (C=O) groups is 2. The first kappa shape index (κ1) is 27.9. The summed E-state index contributed by atoms with van der Waals surface area (Å²) < 4.78 is 21.9. The molecule has 31 heavy (non-hydrogen) atoms. The van der Waals surface area contributed by atoms with Gasteiger partial charge in [-0.15, -0.1) is 0 Å². The fourth-order valence-corrected chi connectivity index (χ4v) is 4.63. The Balaban J connectivity index is 2.24. The van der Waals surface area contributed by atoms with Crippen molar-refractivity contribution in [1.29, 1.82) is 0 Å². The zero-order chi connectivity index (χ0) is 23.0. The van der Waals surface area contributed by atoms with E-state index in [4.69, 9.17) is 9.26 Å². The summed E-state index contributed by atoms with van der Waals surface area (Å²) in [7, 11) is -4.77. The van der Waals surface area contributed by atoms with Crippen molar-refractivity contribution < 1.29 is 33.4 Å². The van der Waals surface area contributed by atoms with Gasteiger partial charge in [-0.1, -0.05) is 88.3 Å². The van der Waals surface area contributed by atoms with E-state index in [2.05, 4.69) is 6.92 Å². The Labute approximate surface area is 189 Å². The van der Waals surface area contributed by atoms with Crippen LogP contribution in [0.2, 0.25) is 0 Å². The maximum Gasteiger partial charge on any atom is 0.436 e. The Bertz CT molecular complexity index is 684. The molecule has 0 saturated carbocycles. The van der Waals surface area contributed by atoms with Crippen LogP contribution in [-0.2, 0) is 13.9 Å². The molecule has 0 amide bonds. The highest BCUT2D eigenvalue weighted by Gasteiger charge is 2.36. The predicted molar refractivity (Wildman–Crippen MR) is 124 cm³/mol. The average molecular weight is 475 g/mol. The van der Waals surface area contributed by atoms with Gasteiger partial charge >= 0.3 is 13.3 Å². The summed E-state index contributed by atoms with van der Waals surface area (Å²) in [6, 6.07) is 7.85. The smallest absolute Gasteiger partial charge is 0.417 e. The Morgan fingerprint density at radius 1 is 1.00 bits per heavy atom. The molecule has 0 radical (unpaired) electrons. The number of hydrogen-bond donors (Lipinski definition) is 2. The zero-order valence-corrected chi connectivity index (χ0v) is 20.0. The standard InChI is InChI=1S/C22H35O7PS/c1-2-3-4-5-6-7-8-9-13-16-21(24)31-18-20(17-23)29-30(26,27)22(25)28-19-14-11-10-12-15-19/h10-12,14-15,20,23H,2-9,13,16-18H2,1H3,(H,26,27). The third kappa shape index (κ3) is 13.1. The molecule has 0 aliphatic heterocycles. The number of rotatable bonds is 17. The third-order valence-corrected chi connectivity index (χ3v) is 6.79. The summed E-state index contributed by atoms with van der Waals surface area (Å²) in [6.45, 7) is 1.60. The molecular formula is C22H35O7PS. The second kappa shape index (κ2) is 16.5. The van der Waals surface area contributed by atoms with Gasteiger partial charge in [0.2, 0.25) is 0 Å². The van der Waals surface area contributed by atoms with Crippen molar-refractivity contribution in [1.82, 2.24) is 0 Å². The fraction of sp³-hybridized carbons (Fsp3) is 0.636. The minimum absolute atomic E-state index is 0.0179. The van der Waals surface area contributed by atoms with Crippen LogP contribution in [0.4, 0.5) is 4.79 Å². The van der Waals surface area contributed by atoms with E-state index < -0.39 is 26.0 Å². The highest BCUT2D eigenvalue weighted by Crippen LogP contribution is 2.45. The molecule has 0 spiro atoms. The molecule has 1 aromatic carbocycles. The number of carbonyl (C=O) groups excluding carboxylic acids is 2. The minimum Gasteiger partial charge on any atom is -0.417 e. The summed E-state index contributed by atoms with van der Waals surface area (Å²) in [4.78, 5) is 33.8. The van der Waals surface area contributed by atoms with Crippen molar-refractivity contribution in [3.63, 3.8) is 0 Å². The first-order chi connectivity index (χ1) is 14.9. The van der Waals surface area contributed by atoms with E-state index in [0.717, 1.165) is 31.0 Å². The second-order valence-corrected chi connectivity index (χ2v) is 10.1. The van der Waals surface area contributed by atoms with E-state index in [1.54, 1.807) is 18.2 Å². The van der Waals surface area contributed by atoms with Crippen LogP contribution in [0, 0.1) is 0 Å². The molecule has 0 heterocycles. The molecule has 2 atom stereocenters. The normalized spacial score (nSPS) is 14.0. The zero-order valence-electron chi connectivity index (χ0n) is 18.2. The number of hydrogen-bond acceptors (Lipinski definition) is 7. The first-order valence-corrected chi connectivity index (χ1v) is 13.5. The van der Waals surface area contributed by atoms with E-state index in [1.165, 1.54) is 50.7 Å². The summed E-state index contributed by atoms with van der Waals surface area (Å²) in [5.74, 6) is 0.0899. The maximum absolute atomic E-state index is 12.1. The molecule has 7 nitrogen and oxygen atoms in total. The van der Waals surface area contributed by atoms with Crippen molar-refractivity contribution in [3.05, 3.63) is 30.3 Å². The monoisotopic (exact) mass is 474 g/mol. The fourth-order valence-electron chi connectivity index (χ4n) is 2.85. The molecule has 1 rings (SSSR count). The van der Waals surface area contributed by atoms with Crippen LogP contribution in [0.3, 0.4) is 0 Å². The molecule has 0 fully saturated rings. The van der Waals surface area contributed by atoms with Gasteiger partial charge in [-0.25, -0.2) is 9.36 Å². The number of ether oxygens (including phenoxy) is 1. The minimum atomic E-state index is -4.77. The molecular weight excluding hydrogens is 439 g/mol. The Hall–Kier alpha value is -1.18. The van der Waals surface area contributed by atoms with Crippen LogP contribution >= 0.6 is 19.4 Å².